The van der Waals surface area contributed by atoms with E-state index in [2.05, 4.69) is 16.8 Å². The summed E-state index contributed by atoms with van der Waals surface area (Å²) in [5, 5.41) is 10.6. The van der Waals surface area contributed by atoms with Crippen molar-refractivity contribution < 1.29 is 4.42 Å². The zero-order chi connectivity index (χ0) is 17.1. The van der Waals surface area contributed by atoms with Gasteiger partial charge in [0.15, 0.2) is 11.0 Å². The Morgan fingerprint density at radius 1 is 1.25 bits per heavy atom. The second-order valence-electron chi connectivity index (χ2n) is 5.13. The Bertz CT molecular complexity index is 873. The van der Waals surface area contributed by atoms with E-state index in [-0.39, 0.29) is 0 Å². The zero-order valence-corrected chi connectivity index (χ0v) is 15.3. The van der Waals surface area contributed by atoms with Crippen LogP contribution in [-0.4, -0.2) is 14.8 Å². The molecule has 2 heterocycles. The molecular weight excluding hydrogens is 365 g/mol. The lowest BCUT2D eigenvalue weighted by atomic mass is 10.2. The summed E-state index contributed by atoms with van der Waals surface area (Å²) in [6.07, 6.45) is 3.48. The minimum absolute atomic E-state index is 0.553. The van der Waals surface area contributed by atoms with Gasteiger partial charge in [-0.3, -0.25) is 4.57 Å². The highest BCUT2D eigenvalue weighted by Gasteiger charge is 2.16. The molecule has 0 unspecified atom stereocenters. The number of benzene rings is 1. The zero-order valence-electron chi connectivity index (χ0n) is 13.0. The predicted octanol–water partition coefficient (Wildman–Crippen LogP) is 5.63. The molecule has 0 atom stereocenters. The summed E-state index contributed by atoms with van der Waals surface area (Å²) in [7, 11) is 0. The van der Waals surface area contributed by atoms with Gasteiger partial charge in [0.2, 0.25) is 0 Å². The number of thioether (sulfide) groups is 1. The van der Waals surface area contributed by atoms with Crippen LogP contribution in [0.15, 0.2) is 52.8 Å². The highest BCUT2D eigenvalue weighted by Crippen LogP contribution is 2.30. The summed E-state index contributed by atoms with van der Waals surface area (Å²) < 4.78 is 7.39. The number of halogens is 2. The van der Waals surface area contributed by atoms with Crippen molar-refractivity contribution in [3.8, 4) is 11.4 Å². The van der Waals surface area contributed by atoms with Gasteiger partial charge in [0.1, 0.15) is 5.76 Å². The fourth-order valence-corrected chi connectivity index (χ4v) is 3.49. The molecule has 0 spiro atoms. The molecule has 0 N–H and O–H groups in total. The summed E-state index contributed by atoms with van der Waals surface area (Å²) in [4.78, 5) is 0. The number of hydrogen-bond donors (Lipinski definition) is 0. The first-order chi connectivity index (χ1) is 11.6. The highest BCUT2D eigenvalue weighted by molar-refractivity contribution is 7.98. The first-order valence-electron chi connectivity index (χ1n) is 7.25. The SMILES string of the molecule is C=CCn1c(SCc2ccc(Cl)c(Cl)c2)nnc1-c1ccoc1C. The second kappa shape index (κ2) is 7.47. The van der Waals surface area contributed by atoms with E-state index < -0.39 is 0 Å². The van der Waals surface area contributed by atoms with Gasteiger partial charge < -0.3 is 4.42 Å². The lowest BCUT2D eigenvalue weighted by molar-refractivity contribution is 0.534. The summed E-state index contributed by atoms with van der Waals surface area (Å²) in [6, 6.07) is 7.52. The second-order valence-corrected chi connectivity index (χ2v) is 6.89. The van der Waals surface area contributed by atoms with Crippen molar-refractivity contribution in [1.29, 1.82) is 0 Å². The van der Waals surface area contributed by atoms with Gasteiger partial charge in [-0.2, -0.15) is 0 Å². The van der Waals surface area contributed by atoms with Crippen LogP contribution in [0.5, 0.6) is 0 Å². The first-order valence-corrected chi connectivity index (χ1v) is 8.99. The van der Waals surface area contributed by atoms with Crippen LogP contribution in [0.4, 0.5) is 0 Å². The minimum Gasteiger partial charge on any atom is -0.469 e. The Labute approximate surface area is 154 Å². The number of aryl methyl sites for hydroxylation is 1. The molecule has 0 amide bonds. The van der Waals surface area contributed by atoms with Crippen LogP contribution in [0, 0.1) is 6.92 Å². The van der Waals surface area contributed by atoms with Crippen LogP contribution < -0.4 is 0 Å². The van der Waals surface area contributed by atoms with E-state index in [0.29, 0.717) is 16.6 Å². The maximum atomic E-state index is 6.07. The number of furan rings is 1. The van der Waals surface area contributed by atoms with E-state index in [9.17, 15) is 0 Å². The van der Waals surface area contributed by atoms with Crippen LogP contribution in [0.2, 0.25) is 10.0 Å². The Morgan fingerprint density at radius 3 is 2.75 bits per heavy atom. The molecule has 3 rings (SSSR count). The molecule has 0 aliphatic carbocycles. The molecule has 4 nitrogen and oxygen atoms in total. The molecule has 124 valence electrons. The third-order valence-corrected chi connectivity index (χ3v) is 5.26. The molecule has 2 aromatic heterocycles. The van der Waals surface area contributed by atoms with E-state index in [1.165, 1.54) is 0 Å². The molecular formula is C17H15Cl2N3OS. The van der Waals surface area contributed by atoms with Gasteiger partial charge in [-0.25, -0.2) is 0 Å². The molecule has 1 aromatic carbocycles. The van der Waals surface area contributed by atoms with Crippen molar-refractivity contribution in [2.24, 2.45) is 0 Å². The van der Waals surface area contributed by atoms with Crippen molar-refractivity contribution in [1.82, 2.24) is 14.8 Å². The topological polar surface area (TPSA) is 43.9 Å². The largest absolute Gasteiger partial charge is 0.469 e. The Hall–Kier alpha value is -1.69. The van der Waals surface area contributed by atoms with E-state index in [1.54, 1.807) is 24.1 Å². The lowest BCUT2D eigenvalue weighted by Crippen LogP contribution is -2.00. The summed E-state index contributed by atoms with van der Waals surface area (Å²) in [6.45, 7) is 6.35. The van der Waals surface area contributed by atoms with Crippen LogP contribution in [0.1, 0.15) is 11.3 Å². The normalized spacial score (nSPS) is 11.0. The summed E-state index contributed by atoms with van der Waals surface area (Å²) >= 11 is 13.6. The molecule has 7 heteroatoms. The number of nitrogens with zero attached hydrogens (tertiary/aromatic N) is 3. The molecule has 0 fully saturated rings. The number of allylic oxidation sites excluding steroid dienone is 1. The summed E-state index contributed by atoms with van der Waals surface area (Å²) in [5.74, 6) is 2.31. The van der Waals surface area contributed by atoms with Crippen molar-refractivity contribution in [3.05, 3.63) is 64.6 Å². The average molecular weight is 380 g/mol. The van der Waals surface area contributed by atoms with E-state index in [1.807, 2.05) is 35.8 Å². The van der Waals surface area contributed by atoms with Crippen molar-refractivity contribution in [2.75, 3.05) is 0 Å². The average Bonchev–Trinajstić information content (AvgIpc) is 3.15. The molecule has 24 heavy (non-hydrogen) atoms. The van der Waals surface area contributed by atoms with Gasteiger partial charge >= 0.3 is 0 Å². The number of hydrogen-bond acceptors (Lipinski definition) is 4. The monoisotopic (exact) mass is 379 g/mol. The van der Waals surface area contributed by atoms with E-state index in [4.69, 9.17) is 27.6 Å². The summed E-state index contributed by atoms with van der Waals surface area (Å²) in [5.41, 5.74) is 2.01. The fourth-order valence-electron chi connectivity index (χ4n) is 2.28. The van der Waals surface area contributed by atoms with Crippen LogP contribution in [0.3, 0.4) is 0 Å². The molecule has 0 bridgehead atoms. The third kappa shape index (κ3) is 3.53. The minimum atomic E-state index is 0.553. The van der Waals surface area contributed by atoms with Crippen molar-refractivity contribution >= 4 is 35.0 Å². The predicted molar refractivity (Wildman–Crippen MR) is 98.7 cm³/mol. The van der Waals surface area contributed by atoms with Crippen LogP contribution in [0.25, 0.3) is 11.4 Å². The number of rotatable bonds is 6. The molecule has 3 aromatic rings. The third-order valence-electron chi connectivity index (χ3n) is 3.48. The molecule has 0 saturated carbocycles. The van der Waals surface area contributed by atoms with Gasteiger partial charge in [-0.05, 0) is 30.7 Å². The number of aromatic nitrogens is 3. The van der Waals surface area contributed by atoms with E-state index >= 15 is 0 Å². The van der Waals surface area contributed by atoms with E-state index in [0.717, 1.165) is 33.6 Å². The Morgan fingerprint density at radius 2 is 2.08 bits per heavy atom. The standard InChI is InChI=1S/C17H15Cl2N3OS/c1-3-7-22-16(13-6-8-23-11(13)2)20-21-17(22)24-10-12-4-5-14(18)15(19)9-12/h3-6,8-9H,1,7,10H2,2H3. The van der Waals surface area contributed by atoms with Crippen LogP contribution in [-0.2, 0) is 12.3 Å². The van der Waals surface area contributed by atoms with Gasteiger partial charge in [0.05, 0.1) is 21.9 Å². The quantitative estimate of drug-likeness (QED) is 0.411. The van der Waals surface area contributed by atoms with Crippen molar-refractivity contribution in [2.45, 2.75) is 24.4 Å². The maximum absolute atomic E-state index is 6.07. The van der Waals surface area contributed by atoms with Gasteiger partial charge in [-0.15, -0.1) is 16.8 Å². The fraction of sp³-hybridized carbons (Fsp3) is 0.176. The van der Waals surface area contributed by atoms with Gasteiger partial charge in [0, 0.05) is 12.3 Å². The molecule has 0 radical (unpaired) electrons. The molecule has 0 aliphatic rings. The van der Waals surface area contributed by atoms with Gasteiger partial charge in [-0.1, -0.05) is 47.1 Å². The Balaban J connectivity index is 1.85. The lowest BCUT2D eigenvalue weighted by Gasteiger charge is -2.07. The van der Waals surface area contributed by atoms with Crippen molar-refractivity contribution in [3.63, 3.8) is 0 Å². The Kier molecular flexibility index (Phi) is 5.33. The van der Waals surface area contributed by atoms with Gasteiger partial charge in [0.25, 0.3) is 0 Å². The molecule has 0 saturated heterocycles. The first kappa shape index (κ1) is 17.1. The highest BCUT2D eigenvalue weighted by atomic mass is 35.5. The maximum Gasteiger partial charge on any atom is 0.192 e. The smallest absolute Gasteiger partial charge is 0.192 e. The molecule has 0 aliphatic heterocycles. The van der Waals surface area contributed by atoms with Crippen LogP contribution >= 0.6 is 35.0 Å².